The van der Waals surface area contributed by atoms with E-state index in [9.17, 15) is 0 Å². The van der Waals surface area contributed by atoms with Gasteiger partial charge < -0.3 is 0 Å². The Balaban J connectivity index is 0. The zero-order valence-corrected chi connectivity index (χ0v) is 9.64. The zero-order chi connectivity index (χ0) is 0. The molecule has 0 rings (SSSR count). The van der Waals surface area contributed by atoms with Crippen LogP contribution in [0.1, 0.15) is 0 Å². The van der Waals surface area contributed by atoms with E-state index in [0.717, 1.165) is 0 Å². The summed E-state index contributed by atoms with van der Waals surface area (Å²) in [5, 5.41) is 0. The van der Waals surface area contributed by atoms with Crippen molar-refractivity contribution >= 4 is 23.7 Å². The molecule has 0 amide bonds. The van der Waals surface area contributed by atoms with Gasteiger partial charge in [-0.15, -0.1) is 0 Å². The molecule has 0 saturated heterocycles. The zero-order valence-electron chi connectivity index (χ0n) is 1.71. The fraction of sp³-hybridized carbons (Fsp3) is 0. The van der Waals surface area contributed by atoms with Crippen molar-refractivity contribution in [3.63, 3.8) is 0 Å². The van der Waals surface area contributed by atoms with Crippen molar-refractivity contribution in [3.8, 4) is 0 Å². The summed E-state index contributed by atoms with van der Waals surface area (Å²) >= 11 is 0. The standard InChI is InChI=1S/Mo.Nb.Te.V. The molecule has 0 unspecified atom stereocenters. The Kier molecular flexibility index (Phi) is 124. The fourth-order valence-electron chi connectivity index (χ4n) is 0. The molecule has 0 aromatic heterocycles. The molecule has 0 atom stereocenters. The third kappa shape index (κ3) is 8.84. The average molecular weight is 367 g/mol. The predicted octanol–water partition coefficient (Wildman–Crippen LogP) is -0.388. The normalized spacial score (nSPS) is 0. The van der Waals surface area contributed by atoms with Gasteiger partial charge in [-0.3, -0.25) is 0 Å². The molecule has 0 fully saturated rings. The van der Waals surface area contributed by atoms with Crippen molar-refractivity contribution in [3.05, 3.63) is 0 Å². The average Bonchev–Trinajstić information content (AvgIpc) is 0. The summed E-state index contributed by atoms with van der Waals surface area (Å²) in [6.45, 7) is 0. The van der Waals surface area contributed by atoms with Gasteiger partial charge >= 0.3 is 0 Å². The van der Waals surface area contributed by atoms with Crippen molar-refractivity contribution in [2.24, 2.45) is 0 Å². The number of hydrogen-bond acceptors (Lipinski definition) is 0. The second-order valence-electron chi connectivity index (χ2n) is 0. The van der Waals surface area contributed by atoms with Crippen molar-refractivity contribution in [2.45, 2.75) is 0 Å². The summed E-state index contributed by atoms with van der Waals surface area (Å²) in [5.41, 5.74) is 0. The Morgan fingerprint density at radius 1 is 1.00 bits per heavy atom. The van der Waals surface area contributed by atoms with Crippen LogP contribution in [0.2, 0.25) is 0 Å². The largest absolute Gasteiger partial charge is 0 e. The molecule has 0 aromatic rings. The van der Waals surface area contributed by atoms with Crippen LogP contribution in [0.25, 0.3) is 0 Å². The monoisotopic (exact) mass is 372 g/mol. The van der Waals surface area contributed by atoms with Gasteiger partial charge in [-0.25, -0.2) is 0 Å². The smallest absolute Gasteiger partial charge is 0 e. The maximum absolute atomic E-state index is 0. The summed E-state index contributed by atoms with van der Waals surface area (Å²) < 4.78 is 0. The molecule has 4 heteroatoms. The molecule has 4 radical (unpaired) electrons. The number of hydrogen-bond donors (Lipinski definition) is 0. The van der Waals surface area contributed by atoms with Gasteiger partial charge in [0.1, 0.15) is 0 Å². The molecule has 0 saturated carbocycles. The van der Waals surface area contributed by atoms with Gasteiger partial charge in [0, 0.05) is 85.7 Å². The predicted molar refractivity (Wildman–Crippen MR) is 5.75 cm³/mol. The van der Waals surface area contributed by atoms with Crippen LogP contribution in [-0.4, -0.2) is 23.7 Å². The van der Waals surface area contributed by atoms with Crippen molar-refractivity contribution in [2.75, 3.05) is 0 Å². The molecule has 0 aliphatic rings. The number of rotatable bonds is 0. The Morgan fingerprint density at radius 2 is 1.00 bits per heavy atom. The van der Waals surface area contributed by atoms with E-state index in [2.05, 4.69) is 0 Å². The van der Waals surface area contributed by atoms with Crippen molar-refractivity contribution < 1.29 is 62.0 Å². The van der Waals surface area contributed by atoms with Crippen LogP contribution in [0.3, 0.4) is 0 Å². The Hall–Kier alpha value is 2.80. The van der Waals surface area contributed by atoms with Gasteiger partial charge in [0.15, 0.2) is 0 Å². The van der Waals surface area contributed by atoms with E-state index < -0.39 is 0 Å². The minimum Gasteiger partial charge on any atom is 0 e. The van der Waals surface area contributed by atoms with E-state index in [-0.39, 0.29) is 85.7 Å². The van der Waals surface area contributed by atoms with Crippen LogP contribution < -0.4 is 0 Å². The minimum atomic E-state index is 0. The van der Waals surface area contributed by atoms with Gasteiger partial charge in [0.2, 0.25) is 0 Å². The van der Waals surface area contributed by atoms with Gasteiger partial charge in [0.05, 0.1) is 0 Å². The third-order valence-corrected chi connectivity index (χ3v) is 0. The quantitative estimate of drug-likeness (QED) is 0.512. The van der Waals surface area contributed by atoms with E-state index >= 15 is 0 Å². The molecule has 0 aliphatic heterocycles. The molecule has 4 heavy (non-hydrogen) atoms. The van der Waals surface area contributed by atoms with Crippen LogP contribution in [-0.2, 0) is 62.0 Å². The van der Waals surface area contributed by atoms with Crippen LogP contribution in [0.5, 0.6) is 0 Å². The van der Waals surface area contributed by atoms with E-state index in [4.69, 9.17) is 0 Å². The van der Waals surface area contributed by atoms with E-state index in [1.807, 2.05) is 0 Å². The molecule has 0 heterocycles. The van der Waals surface area contributed by atoms with Crippen molar-refractivity contribution in [1.82, 2.24) is 0 Å². The maximum atomic E-state index is 0. The van der Waals surface area contributed by atoms with Gasteiger partial charge in [0.25, 0.3) is 0 Å². The van der Waals surface area contributed by atoms with Gasteiger partial charge in [-0.1, -0.05) is 0 Å². The third-order valence-electron chi connectivity index (χ3n) is 0. The Labute approximate surface area is 84.2 Å². The molecule has 0 spiro atoms. The van der Waals surface area contributed by atoms with Crippen LogP contribution >= 0.6 is 0 Å². The molecule has 0 aliphatic carbocycles. The Bertz CT molecular complexity index is 8.00. The van der Waals surface area contributed by atoms with Gasteiger partial charge in [-0.05, 0) is 0 Å². The first-order valence-electron chi connectivity index (χ1n) is 0. The summed E-state index contributed by atoms with van der Waals surface area (Å²) in [4.78, 5) is 0. The molecular formula is MoNbTeV. The molecule has 0 aromatic carbocycles. The fourth-order valence-corrected chi connectivity index (χ4v) is 0. The summed E-state index contributed by atoms with van der Waals surface area (Å²) in [7, 11) is 0. The molecular weight excluding hydrogens is 367 g/mol. The molecule has 22 valence electrons. The van der Waals surface area contributed by atoms with Crippen LogP contribution in [0, 0.1) is 0 Å². The van der Waals surface area contributed by atoms with Gasteiger partial charge in [-0.2, -0.15) is 0 Å². The summed E-state index contributed by atoms with van der Waals surface area (Å²) in [5.74, 6) is 0. The minimum absolute atomic E-state index is 0. The first-order valence-corrected chi connectivity index (χ1v) is 0. The second-order valence-corrected chi connectivity index (χ2v) is 0. The Morgan fingerprint density at radius 3 is 1.00 bits per heavy atom. The maximum Gasteiger partial charge on any atom is 0 e. The summed E-state index contributed by atoms with van der Waals surface area (Å²) in [6, 6.07) is 0. The van der Waals surface area contributed by atoms with E-state index in [0.29, 0.717) is 0 Å². The molecule has 0 N–H and O–H groups in total. The molecule has 0 nitrogen and oxygen atoms in total. The first-order chi connectivity index (χ1) is 0. The van der Waals surface area contributed by atoms with Crippen LogP contribution in [0.15, 0.2) is 0 Å². The second kappa shape index (κ2) is 17.0. The van der Waals surface area contributed by atoms with Crippen LogP contribution in [0.4, 0.5) is 0 Å². The van der Waals surface area contributed by atoms with Crippen molar-refractivity contribution in [1.29, 1.82) is 0 Å². The van der Waals surface area contributed by atoms with E-state index in [1.54, 1.807) is 0 Å². The first kappa shape index (κ1) is 29.2. The summed E-state index contributed by atoms with van der Waals surface area (Å²) in [6.07, 6.45) is 0. The SMILES string of the molecule is [Mo].[Nb].[Te].[V]. The molecule has 0 bridgehead atoms. The topological polar surface area (TPSA) is 0 Å². The van der Waals surface area contributed by atoms with E-state index in [1.165, 1.54) is 0 Å².